The molecule has 3 atom stereocenters. The summed E-state index contributed by atoms with van der Waals surface area (Å²) in [7, 11) is 19.4. The van der Waals surface area contributed by atoms with Crippen LogP contribution in [0.15, 0.2) is 0 Å². The van der Waals surface area contributed by atoms with E-state index in [1.54, 1.807) is 0 Å². The minimum absolute atomic E-state index is 0. The van der Waals surface area contributed by atoms with E-state index in [2.05, 4.69) is 84.1 Å². The molecule has 0 aliphatic carbocycles. The van der Waals surface area contributed by atoms with Crippen LogP contribution in [0.25, 0.3) is 0 Å². The van der Waals surface area contributed by atoms with Gasteiger partial charge in [0.25, 0.3) is 0 Å². The molecule has 12 heteroatoms. The zero-order valence-electron chi connectivity index (χ0n) is 59.0. The third kappa shape index (κ3) is 58.0. The molecule has 0 rings (SSSR count). The Hall–Kier alpha value is 0.840. The molecule has 0 aromatic carbocycles. The van der Waals surface area contributed by atoms with E-state index < -0.39 is 0 Å². The number of ether oxygens (including phenoxy) is 3. The first-order valence-corrected chi connectivity index (χ1v) is 36.4. The third-order valence-corrected chi connectivity index (χ3v) is 18.6. The maximum atomic E-state index is 9.90. The molecular formula is C72H154Cl4N4O4. The van der Waals surface area contributed by atoms with Crippen LogP contribution in [0.5, 0.6) is 0 Å². The zero-order valence-corrected chi connectivity index (χ0v) is 62.0. The van der Waals surface area contributed by atoms with Crippen molar-refractivity contribution >= 4 is 0 Å². The van der Waals surface area contributed by atoms with Crippen LogP contribution < -0.4 is 49.6 Å². The first-order valence-electron chi connectivity index (χ1n) is 36.4. The second-order valence-corrected chi connectivity index (χ2v) is 28.5. The fraction of sp³-hybridized carbons (Fsp3) is 1.00. The monoisotopic (exact) mass is 1280 g/mol. The molecule has 514 valence electrons. The van der Waals surface area contributed by atoms with Crippen molar-refractivity contribution in [3.8, 4) is 0 Å². The molecule has 0 saturated carbocycles. The first kappa shape index (κ1) is 93.6. The maximum absolute atomic E-state index is 9.90. The summed E-state index contributed by atoms with van der Waals surface area (Å²) in [5.41, 5.74) is 0. The fourth-order valence-corrected chi connectivity index (χ4v) is 12.6. The van der Waals surface area contributed by atoms with Crippen molar-refractivity contribution in [2.75, 3.05) is 116 Å². The Bertz CT molecular complexity index is 1270. The van der Waals surface area contributed by atoms with E-state index in [9.17, 15) is 5.11 Å². The summed E-state index contributed by atoms with van der Waals surface area (Å²) in [5.74, 6) is 0. The van der Waals surface area contributed by atoms with Crippen molar-refractivity contribution < 1.29 is 86.9 Å². The van der Waals surface area contributed by atoms with Crippen molar-refractivity contribution in [1.29, 1.82) is 0 Å². The smallest absolute Gasteiger partial charge is 0.192 e. The number of nitrogens with zero attached hydrogens (tertiary/aromatic N) is 4. The van der Waals surface area contributed by atoms with Crippen LogP contribution in [-0.4, -0.2) is 157 Å². The van der Waals surface area contributed by atoms with Crippen LogP contribution in [0.1, 0.15) is 336 Å². The van der Waals surface area contributed by atoms with Crippen LogP contribution in [0.3, 0.4) is 0 Å². The van der Waals surface area contributed by atoms with E-state index >= 15 is 0 Å². The molecule has 0 saturated heterocycles. The van der Waals surface area contributed by atoms with E-state index in [1.165, 1.54) is 283 Å². The van der Waals surface area contributed by atoms with E-state index in [-0.39, 0.29) is 74.9 Å². The van der Waals surface area contributed by atoms with Gasteiger partial charge in [-0.3, -0.25) is 0 Å². The SMILES string of the molecule is CCCCCCCCCCCC[N+](C)(C)CCCCOC(CCCOC(CCCOC(CCCO)[N+](C)(C)CCCCCCCCCCCC)[N+](C)(C)CCCCCCCCCCCC)[N+](C)(C)CCCCCCCCCCCC.[Cl-].[Cl-].[Cl-].[Cl-]. The Balaban J connectivity index is -0.00000520. The first-order chi connectivity index (χ1) is 38.6. The second kappa shape index (κ2) is 65.3. The van der Waals surface area contributed by atoms with E-state index in [0.717, 1.165) is 95.8 Å². The highest BCUT2D eigenvalue weighted by Gasteiger charge is 2.32. The molecule has 0 spiro atoms. The number of aliphatic hydroxyl groups is 1. The van der Waals surface area contributed by atoms with Crippen molar-refractivity contribution in [1.82, 2.24) is 0 Å². The van der Waals surface area contributed by atoms with Crippen LogP contribution in [0.2, 0.25) is 0 Å². The summed E-state index contributed by atoms with van der Waals surface area (Å²) in [4.78, 5) is 0. The highest BCUT2D eigenvalue weighted by atomic mass is 35.5. The van der Waals surface area contributed by atoms with Crippen molar-refractivity contribution in [2.24, 2.45) is 0 Å². The number of rotatable bonds is 66. The van der Waals surface area contributed by atoms with Gasteiger partial charge in [-0.05, 0) is 83.5 Å². The van der Waals surface area contributed by atoms with Gasteiger partial charge >= 0.3 is 0 Å². The van der Waals surface area contributed by atoms with Crippen LogP contribution in [0, 0.1) is 0 Å². The lowest BCUT2D eigenvalue weighted by atomic mass is 10.1. The lowest BCUT2D eigenvalue weighted by molar-refractivity contribution is -0.940. The topological polar surface area (TPSA) is 47.9 Å². The molecule has 0 aromatic rings. The van der Waals surface area contributed by atoms with E-state index in [4.69, 9.17) is 14.2 Å². The molecule has 1 N–H and O–H groups in total. The van der Waals surface area contributed by atoms with Crippen LogP contribution in [0.4, 0.5) is 0 Å². The molecule has 0 bridgehead atoms. The van der Waals surface area contributed by atoms with Gasteiger partial charge in [-0.25, -0.2) is 0 Å². The lowest BCUT2D eigenvalue weighted by Gasteiger charge is -2.39. The Morgan fingerprint density at radius 2 is 0.429 bits per heavy atom. The molecular weight excluding hydrogens is 1130 g/mol. The molecule has 0 heterocycles. The largest absolute Gasteiger partial charge is 1.00 e. The zero-order chi connectivity index (χ0) is 59.2. The van der Waals surface area contributed by atoms with Crippen LogP contribution in [-0.2, 0) is 14.2 Å². The molecule has 8 nitrogen and oxygen atoms in total. The average Bonchev–Trinajstić information content (AvgIpc) is 3.42. The summed E-state index contributed by atoms with van der Waals surface area (Å²) in [6.45, 7) is 17.9. The summed E-state index contributed by atoms with van der Waals surface area (Å²) >= 11 is 0. The number of unbranched alkanes of at least 4 members (excludes halogenated alkanes) is 37. The van der Waals surface area contributed by atoms with Crippen molar-refractivity contribution in [3.63, 3.8) is 0 Å². The Kier molecular flexibility index (Phi) is 72.8. The van der Waals surface area contributed by atoms with Crippen LogP contribution >= 0.6 is 0 Å². The molecule has 0 fully saturated rings. The number of halogens is 4. The predicted molar refractivity (Wildman–Crippen MR) is 353 cm³/mol. The maximum Gasteiger partial charge on any atom is 0.192 e. The molecule has 0 aliphatic rings. The minimum Gasteiger partial charge on any atom is -1.00 e. The number of hydrogen-bond acceptors (Lipinski definition) is 4. The highest BCUT2D eigenvalue weighted by Crippen LogP contribution is 2.24. The summed E-state index contributed by atoms with van der Waals surface area (Å²) < 4.78 is 24.9. The van der Waals surface area contributed by atoms with Crippen molar-refractivity contribution in [2.45, 2.75) is 355 Å². The lowest BCUT2D eigenvalue weighted by Crippen LogP contribution is -3.00. The Morgan fingerprint density at radius 1 is 0.238 bits per heavy atom. The minimum atomic E-state index is 0. The molecule has 3 unspecified atom stereocenters. The van der Waals surface area contributed by atoms with Gasteiger partial charge < -0.3 is 86.9 Å². The van der Waals surface area contributed by atoms with Gasteiger partial charge in [-0.15, -0.1) is 0 Å². The average molecular weight is 1280 g/mol. The Labute approximate surface area is 553 Å². The predicted octanol–water partition coefficient (Wildman–Crippen LogP) is 8.13. The highest BCUT2D eigenvalue weighted by molar-refractivity contribution is 4.59. The van der Waals surface area contributed by atoms with Gasteiger partial charge in [0.05, 0.1) is 109 Å². The number of quaternary nitrogens is 4. The molecule has 0 aromatic heterocycles. The van der Waals surface area contributed by atoms with Gasteiger partial charge in [0.15, 0.2) is 18.7 Å². The summed E-state index contributed by atoms with van der Waals surface area (Å²) in [5, 5.41) is 9.90. The number of aliphatic hydroxyl groups excluding tert-OH is 1. The van der Waals surface area contributed by atoms with Gasteiger partial charge in [0.1, 0.15) is 0 Å². The van der Waals surface area contributed by atoms with Gasteiger partial charge in [0, 0.05) is 25.9 Å². The third-order valence-electron chi connectivity index (χ3n) is 18.6. The quantitative estimate of drug-likeness (QED) is 0.0380. The molecule has 84 heavy (non-hydrogen) atoms. The van der Waals surface area contributed by atoms with Gasteiger partial charge in [-0.2, -0.15) is 0 Å². The molecule has 0 aliphatic heterocycles. The van der Waals surface area contributed by atoms with Gasteiger partial charge in [-0.1, -0.05) is 233 Å². The summed E-state index contributed by atoms with van der Waals surface area (Å²) in [6.07, 6.45) is 63.9. The van der Waals surface area contributed by atoms with Gasteiger partial charge in [0.2, 0.25) is 0 Å². The summed E-state index contributed by atoms with van der Waals surface area (Å²) in [6, 6.07) is 0. The fourth-order valence-electron chi connectivity index (χ4n) is 12.6. The van der Waals surface area contributed by atoms with Crippen molar-refractivity contribution in [3.05, 3.63) is 0 Å². The van der Waals surface area contributed by atoms with E-state index in [1.807, 2.05) is 0 Å². The second-order valence-electron chi connectivity index (χ2n) is 28.5. The molecule has 0 radical (unpaired) electrons. The Morgan fingerprint density at radius 3 is 0.667 bits per heavy atom. The normalized spacial score (nSPS) is 13.2. The standard InChI is InChI=1S/C72H154N4O4.4ClH/c1-13-17-21-25-29-33-37-41-45-49-61-73(5,6)62-53-54-67-78-71(75(9,10)64-51-47-43-39-35-31-27-23-19-15-3)59-56-69-80-72(76(11,12)65-52-48-44-40-36-32-28-24-20-16-4)60-57-68-79-70(58-55-66-77)74(7,8)63-50-46-42-38-34-30-26-22-18-14-2;;;;/h70-72,77H,13-69H2,1-12H3;4*1H/q+4;;;;/p-4. The number of hydrogen-bond donors (Lipinski definition) is 1. The van der Waals surface area contributed by atoms with E-state index in [0.29, 0.717) is 0 Å². The molecule has 0 amide bonds.